The van der Waals surface area contributed by atoms with Crippen molar-refractivity contribution in [3.8, 4) is 0 Å². The zero-order valence-corrected chi connectivity index (χ0v) is 26.0. The summed E-state index contributed by atoms with van der Waals surface area (Å²) in [5.74, 6) is -1.71. The number of carbonyl (C=O) groups is 3. The summed E-state index contributed by atoms with van der Waals surface area (Å²) >= 11 is 0. The molecule has 39 heavy (non-hydrogen) atoms. The highest BCUT2D eigenvalue weighted by molar-refractivity contribution is 6.74. The van der Waals surface area contributed by atoms with E-state index < -0.39 is 43.2 Å². The third-order valence-electron chi connectivity index (χ3n) is 8.09. The van der Waals surface area contributed by atoms with Gasteiger partial charge in [-0.2, -0.15) is 0 Å². The number of likely N-dealkylation sites (tertiary alicyclic amines) is 1. The van der Waals surface area contributed by atoms with E-state index in [2.05, 4.69) is 39.2 Å². The van der Waals surface area contributed by atoms with Crippen LogP contribution in [-0.2, 0) is 36.3 Å². The molecule has 1 unspecified atom stereocenters. The number of rotatable bonds is 7. The zero-order chi connectivity index (χ0) is 29.4. The standard InChI is InChI=1S/C29H45FN2O6Si/c1-10-36-24(33)20-14-19-15-21(17-23(30)22(19)16-20)31-25(34)29(18-37-39(8,9)28(5,6)7)12-11-13-32(29)26(35)38-27(2,3)4/h15,17,20H,10-14,16,18H2,1-9H3,(H,31,34)/t20?,29-/m1/s1. The van der Waals surface area contributed by atoms with Crippen LogP contribution in [0.15, 0.2) is 12.1 Å². The molecule has 0 spiro atoms. The molecular weight excluding hydrogens is 519 g/mol. The number of hydrogen-bond acceptors (Lipinski definition) is 6. The minimum Gasteiger partial charge on any atom is -0.466 e. The Morgan fingerprint density at radius 1 is 1.13 bits per heavy atom. The number of amides is 2. The summed E-state index contributed by atoms with van der Waals surface area (Å²) in [7, 11) is -2.28. The Hall–Kier alpha value is -2.46. The molecule has 1 saturated heterocycles. The first-order valence-electron chi connectivity index (χ1n) is 13.8. The second-order valence-electron chi connectivity index (χ2n) is 13.2. The number of hydrogen-bond donors (Lipinski definition) is 1. The van der Waals surface area contributed by atoms with Crippen molar-refractivity contribution in [3.63, 3.8) is 0 Å². The van der Waals surface area contributed by atoms with Gasteiger partial charge in [-0.1, -0.05) is 20.8 Å². The molecule has 1 N–H and O–H groups in total. The molecule has 1 aromatic carbocycles. The molecule has 1 aromatic rings. The summed E-state index contributed by atoms with van der Waals surface area (Å²) < 4.78 is 32.4. The topological polar surface area (TPSA) is 94.2 Å². The third-order valence-corrected chi connectivity index (χ3v) is 12.6. The van der Waals surface area contributed by atoms with Crippen molar-refractivity contribution < 1.29 is 32.7 Å². The number of carbonyl (C=O) groups excluding carboxylic acids is 3. The van der Waals surface area contributed by atoms with Crippen molar-refractivity contribution >= 4 is 32.0 Å². The molecule has 218 valence electrons. The summed E-state index contributed by atoms with van der Waals surface area (Å²) in [5, 5.41) is 2.78. The molecule has 1 aliphatic heterocycles. The van der Waals surface area contributed by atoms with Crippen molar-refractivity contribution in [1.82, 2.24) is 4.90 Å². The van der Waals surface area contributed by atoms with E-state index in [1.165, 1.54) is 11.0 Å². The number of halogens is 1. The normalized spacial score (nSPS) is 21.5. The van der Waals surface area contributed by atoms with Crippen LogP contribution in [0.2, 0.25) is 18.1 Å². The van der Waals surface area contributed by atoms with Gasteiger partial charge in [0, 0.05) is 12.2 Å². The molecule has 0 aromatic heterocycles. The van der Waals surface area contributed by atoms with E-state index in [1.54, 1.807) is 33.8 Å². The fourth-order valence-corrected chi connectivity index (χ4v) is 5.90. The monoisotopic (exact) mass is 564 g/mol. The van der Waals surface area contributed by atoms with Crippen molar-refractivity contribution in [2.45, 2.75) is 103 Å². The van der Waals surface area contributed by atoms with Gasteiger partial charge in [-0.25, -0.2) is 9.18 Å². The van der Waals surface area contributed by atoms with Crippen LogP contribution in [0.5, 0.6) is 0 Å². The smallest absolute Gasteiger partial charge is 0.411 e. The number of ether oxygens (including phenoxy) is 2. The highest BCUT2D eigenvalue weighted by Crippen LogP contribution is 2.40. The maximum absolute atomic E-state index is 15.1. The van der Waals surface area contributed by atoms with Gasteiger partial charge in [0.2, 0.25) is 0 Å². The molecule has 2 amide bonds. The number of fused-ring (bicyclic) bond motifs is 1. The molecule has 1 heterocycles. The van der Waals surface area contributed by atoms with Crippen molar-refractivity contribution in [2.24, 2.45) is 5.92 Å². The van der Waals surface area contributed by atoms with Gasteiger partial charge in [0.1, 0.15) is 17.0 Å². The average Bonchev–Trinajstić information content (AvgIpc) is 3.42. The van der Waals surface area contributed by atoms with Crippen LogP contribution in [0.4, 0.5) is 14.9 Å². The molecule has 0 radical (unpaired) electrons. The van der Waals surface area contributed by atoms with Gasteiger partial charge in [-0.15, -0.1) is 0 Å². The Labute approximate surface area is 233 Å². The summed E-state index contributed by atoms with van der Waals surface area (Å²) in [5.41, 5.74) is -0.617. The Morgan fingerprint density at radius 2 is 1.79 bits per heavy atom. The lowest BCUT2D eigenvalue weighted by Gasteiger charge is -2.42. The number of esters is 1. The second kappa shape index (κ2) is 11.2. The molecular formula is C29H45FN2O6Si. The van der Waals surface area contributed by atoms with Crippen LogP contribution in [-0.4, -0.2) is 62.1 Å². The van der Waals surface area contributed by atoms with E-state index in [1.807, 2.05) is 0 Å². The summed E-state index contributed by atoms with van der Waals surface area (Å²) in [6, 6.07) is 2.99. The zero-order valence-electron chi connectivity index (χ0n) is 25.0. The molecule has 2 aliphatic rings. The van der Waals surface area contributed by atoms with Gasteiger partial charge in [0.25, 0.3) is 5.91 Å². The van der Waals surface area contributed by atoms with Crippen LogP contribution >= 0.6 is 0 Å². The molecule has 2 atom stereocenters. The lowest BCUT2D eigenvalue weighted by Crippen LogP contribution is -2.60. The van der Waals surface area contributed by atoms with Crippen LogP contribution in [0.25, 0.3) is 0 Å². The minimum atomic E-state index is -2.28. The molecule has 10 heteroatoms. The van der Waals surface area contributed by atoms with Gasteiger partial charge in [-0.3, -0.25) is 14.5 Å². The van der Waals surface area contributed by atoms with Crippen LogP contribution in [0.3, 0.4) is 0 Å². The second-order valence-corrected chi connectivity index (χ2v) is 18.0. The predicted molar refractivity (Wildman–Crippen MR) is 151 cm³/mol. The molecule has 0 bridgehead atoms. The average molecular weight is 565 g/mol. The third kappa shape index (κ3) is 6.82. The molecule has 3 rings (SSSR count). The fourth-order valence-electron chi connectivity index (χ4n) is 4.86. The summed E-state index contributed by atoms with van der Waals surface area (Å²) in [4.78, 5) is 41.0. The lowest BCUT2D eigenvalue weighted by molar-refractivity contribution is -0.147. The first-order valence-corrected chi connectivity index (χ1v) is 16.7. The van der Waals surface area contributed by atoms with E-state index in [0.717, 1.165) is 0 Å². The molecule has 8 nitrogen and oxygen atoms in total. The maximum Gasteiger partial charge on any atom is 0.411 e. The highest BCUT2D eigenvalue weighted by atomic mass is 28.4. The first-order chi connectivity index (χ1) is 17.9. The molecule has 1 fully saturated rings. The minimum absolute atomic E-state index is 0.0208. The van der Waals surface area contributed by atoms with Crippen molar-refractivity contribution in [3.05, 3.63) is 29.1 Å². The SMILES string of the molecule is CCOC(=O)C1Cc2cc(NC(=O)[C@]3(CO[Si](C)(C)C(C)(C)C)CCCN3C(=O)OC(C)(C)C)cc(F)c2C1. The number of benzene rings is 1. The van der Waals surface area contributed by atoms with Gasteiger partial charge in [-0.05, 0) is 94.8 Å². The quantitative estimate of drug-likeness (QED) is 0.331. The predicted octanol–water partition coefficient (Wildman–Crippen LogP) is 5.83. The first kappa shape index (κ1) is 31.1. The van der Waals surface area contributed by atoms with Gasteiger partial charge in [0.15, 0.2) is 8.32 Å². The lowest BCUT2D eigenvalue weighted by atomic mass is 9.95. The van der Waals surface area contributed by atoms with Gasteiger partial charge >= 0.3 is 12.1 Å². The van der Waals surface area contributed by atoms with Crippen LogP contribution < -0.4 is 5.32 Å². The van der Waals surface area contributed by atoms with E-state index in [9.17, 15) is 14.4 Å². The summed E-state index contributed by atoms with van der Waals surface area (Å²) in [6.45, 7) is 18.3. The Kier molecular flexibility index (Phi) is 8.92. The Bertz CT molecular complexity index is 1110. The Balaban J connectivity index is 1.91. The number of nitrogens with one attached hydrogen (secondary N) is 1. The number of nitrogens with zero attached hydrogens (tertiary/aromatic N) is 1. The van der Waals surface area contributed by atoms with E-state index in [-0.39, 0.29) is 36.3 Å². The fraction of sp³-hybridized carbons (Fsp3) is 0.690. The van der Waals surface area contributed by atoms with Gasteiger partial charge < -0.3 is 19.2 Å². The maximum atomic E-state index is 15.1. The molecule has 1 aliphatic carbocycles. The largest absolute Gasteiger partial charge is 0.466 e. The van der Waals surface area contributed by atoms with Crippen molar-refractivity contribution in [1.29, 1.82) is 0 Å². The van der Waals surface area contributed by atoms with Crippen molar-refractivity contribution in [2.75, 3.05) is 25.1 Å². The summed E-state index contributed by atoms with van der Waals surface area (Å²) in [6.07, 6.45) is 1.04. The van der Waals surface area contributed by atoms with E-state index >= 15 is 4.39 Å². The highest BCUT2D eigenvalue weighted by Gasteiger charge is 2.53. The van der Waals surface area contributed by atoms with E-state index in [0.29, 0.717) is 36.9 Å². The van der Waals surface area contributed by atoms with Crippen LogP contribution in [0.1, 0.15) is 72.4 Å². The number of anilines is 1. The van der Waals surface area contributed by atoms with Gasteiger partial charge in [0.05, 0.1) is 19.1 Å². The van der Waals surface area contributed by atoms with Crippen LogP contribution in [0, 0.1) is 11.7 Å². The van der Waals surface area contributed by atoms with E-state index in [4.69, 9.17) is 13.9 Å². The molecule has 0 saturated carbocycles. The Morgan fingerprint density at radius 3 is 2.38 bits per heavy atom.